The second-order valence-corrected chi connectivity index (χ2v) is 2.51. The van der Waals surface area contributed by atoms with E-state index in [-0.39, 0.29) is 138 Å². The summed E-state index contributed by atoms with van der Waals surface area (Å²) in [7, 11) is 5.15. The molecule has 0 saturated carbocycles. The van der Waals surface area contributed by atoms with Gasteiger partial charge in [0.05, 0.1) is 14.2 Å². The third kappa shape index (κ3) is 775. The molecule has 4 radical (unpaired) electrons. The molecular formula is C13H22N10O10Y4-8. The molecule has 0 spiro atoms. The van der Waals surface area contributed by atoms with Crippen molar-refractivity contribution >= 4 is 48.6 Å². The minimum absolute atomic E-state index is 0. The number of rotatable bonds is 0. The minimum atomic E-state index is -0.995. The maximum absolute atomic E-state index is 9.37. The number of isocyanates is 4. The third-order valence-electron chi connectivity index (χ3n) is 0.825. The standard InChI is InChI=1S/2C2H6N2O.2C2H5NO2.4CNO.CH4.4Y/c2*1-4-2(3)5;2*1-5-2(3)4;4*2-1-3;;;;;/h2*1H3,(H3,3,4,5);2*1H3,(H2,3,4);;;;;1H4;;;;/q;;;;4*-1;;;;;/p-4. The molecule has 0 aliphatic heterocycles. The Morgan fingerprint density at radius 1 is 0.568 bits per heavy atom. The number of hydrogen-bond donors (Lipinski definition) is 2. The van der Waals surface area contributed by atoms with Crippen LogP contribution in [-0.4, -0.2) is 76.9 Å². The van der Waals surface area contributed by atoms with Crippen LogP contribution in [0.25, 0.3) is 44.6 Å². The molecule has 0 fully saturated rings. The molecule has 0 aromatic heterocycles. The largest absolute Gasteiger partial charge is 0.724 e. The number of amides is 6. The Balaban J connectivity index is -0.0000000160. The van der Waals surface area contributed by atoms with Gasteiger partial charge in [0.25, 0.3) is 0 Å². The van der Waals surface area contributed by atoms with Gasteiger partial charge in [-0.2, -0.15) is 0 Å². The van der Waals surface area contributed by atoms with Crippen molar-refractivity contribution in [2.24, 2.45) is 0 Å². The van der Waals surface area contributed by atoms with Crippen molar-refractivity contribution in [2.45, 2.75) is 7.43 Å². The first-order chi connectivity index (χ1) is 14.7. The number of ether oxygens (including phenoxy) is 2. The Bertz CT molecular complexity index is 503. The third-order valence-corrected chi connectivity index (χ3v) is 0.825. The summed E-state index contributed by atoms with van der Waals surface area (Å²) in [5.41, 5.74) is 24.1. The van der Waals surface area contributed by atoms with E-state index < -0.39 is 24.2 Å². The van der Waals surface area contributed by atoms with E-state index in [1.807, 2.05) is 0 Å². The molecule has 0 aliphatic rings. The first-order valence-corrected chi connectivity index (χ1v) is 6.25. The summed E-state index contributed by atoms with van der Waals surface area (Å²) in [6.45, 7) is 0. The Hall–Kier alpha value is -0.984. The van der Waals surface area contributed by atoms with E-state index in [1.165, 1.54) is 14.1 Å². The Morgan fingerprint density at radius 3 is 0.622 bits per heavy atom. The molecule has 0 saturated heterocycles. The minimum Gasteiger partial charge on any atom is -0.724 e. The molecule has 0 heterocycles. The number of nitrogens with zero attached hydrogens (tertiary/aromatic N) is 4. The maximum atomic E-state index is 9.37. The Kier molecular flexibility index (Phi) is 252. The molecule has 0 aliphatic carbocycles. The van der Waals surface area contributed by atoms with Gasteiger partial charge in [0.1, 0.15) is 12.1 Å². The van der Waals surface area contributed by atoms with Gasteiger partial charge in [-0.25, -0.2) is 0 Å². The molecule has 0 bridgehead atoms. The second-order valence-electron chi connectivity index (χ2n) is 2.51. The van der Waals surface area contributed by atoms with Gasteiger partial charge in [0.2, 0.25) is 12.2 Å². The molecule has 24 heteroatoms. The molecule has 20 nitrogen and oxygen atoms in total. The topological polar surface area (TPSA) is 363 Å². The fourth-order valence-electron chi connectivity index (χ4n) is 0. The van der Waals surface area contributed by atoms with E-state index in [0.717, 1.165) is 14.2 Å². The number of carbonyl (C=O) groups is 4. The van der Waals surface area contributed by atoms with Crippen LogP contribution in [0.3, 0.4) is 0 Å². The second kappa shape index (κ2) is 112. The van der Waals surface area contributed by atoms with Crippen LogP contribution < -0.4 is 10.6 Å². The predicted octanol–water partition coefficient (Wildman–Crippen LogP) is 2.56. The number of methoxy groups -OCH3 is 2. The summed E-state index contributed by atoms with van der Waals surface area (Å²) in [4.78, 5) is 70.2. The van der Waals surface area contributed by atoms with Gasteiger partial charge >= 0.3 is 0 Å². The number of nitrogens with one attached hydrogen (secondary N) is 6. The van der Waals surface area contributed by atoms with Crippen LogP contribution in [-0.2, 0) is 159 Å². The Labute approximate surface area is 313 Å². The van der Waals surface area contributed by atoms with Crippen LogP contribution in [0.15, 0.2) is 0 Å². The van der Waals surface area contributed by atoms with E-state index in [0.29, 0.717) is 24.3 Å². The summed E-state index contributed by atoms with van der Waals surface area (Å²) >= 11 is 0. The predicted molar refractivity (Wildman–Crippen MR) is 114 cm³/mol. The van der Waals surface area contributed by atoms with Crippen LogP contribution in [0.2, 0.25) is 0 Å². The van der Waals surface area contributed by atoms with Crippen molar-refractivity contribution in [2.75, 3.05) is 28.3 Å². The van der Waals surface area contributed by atoms with E-state index >= 15 is 0 Å². The van der Waals surface area contributed by atoms with Crippen LogP contribution >= 0.6 is 0 Å². The van der Waals surface area contributed by atoms with E-state index in [2.05, 4.69) is 20.1 Å². The van der Waals surface area contributed by atoms with Gasteiger partial charge in [-0.05, 0) is 24.3 Å². The average molecular weight is 834 g/mol. The normalized spacial score (nSPS) is 4.43. The summed E-state index contributed by atoms with van der Waals surface area (Å²) in [6, 6.07) is -1.49. The van der Waals surface area contributed by atoms with Crippen molar-refractivity contribution in [3.8, 4) is 0 Å². The molecule has 204 valence electrons. The molecule has 0 aromatic carbocycles. The van der Waals surface area contributed by atoms with Gasteiger partial charge in [-0.15, -0.1) is 0 Å². The quantitative estimate of drug-likeness (QED) is 0.265. The molecule has 0 aromatic rings. The van der Waals surface area contributed by atoms with Crippen LogP contribution in [0, 0.1) is 0 Å². The van der Waals surface area contributed by atoms with Crippen LogP contribution in [0.4, 0.5) is 19.2 Å². The SMILES string of the molecule is C.CNC([NH-])=O.CNC([NH-])=O.COC([NH-])=O.COC([NH-])=O.[N-]=C=O.[N-]=C=O.[N-]=C=O.[N-]=C=O.[Y].[Y].[Y].[Y]. The van der Waals surface area contributed by atoms with Crippen molar-refractivity contribution in [1.82, 2.24) is 10.6 Å². The molecule has 37 heavy (non-hydrogen) atoms. The molecule has 6 N–H and O–H groups in total. The monoisotopic (exact) mass is 834 g/mol. The van der Waals surface area contributed by atoms with Crippen molar-refractivity contribution in [1.29, 1.82) is 0 Å². The van der Waals surface area contributed by atoms with Gasteiger partial charge in [-0.3, -0.25) is 38.4 Å². The fraction of sp³-hybridized carbons (Fsp3) is 0.385. The zero-order valence-corrected chi connectivity index (χ0v) is 30.5. The van der Waals surface area contributed by atoms with E-state index in [4.69, 9.17) is 63.7 Å². The molecule has 0 atom stereocenters. The molecule has 6 amide bonds. The first kappa shape index (κ1) is 83.4. The van der Waals surface area contributed by atoms with Crippen LogP contribution in [0.5, 0.6) is 0 Å². The zero-order chi connectivity index (χ0) is 28.0. The summed E-state index contributed by atoms with van der Waals surface area (Å²) in [6.07, 6.45) is 0.00926. The van der Waals surface area contributed by atoms with Gasteiger partial charge in [0, 0.05) is 131 Å². The summed E-state index contributed by atoms with van der Waals surface area (Å²) < 4.78 is 7.56. The van der Waals surface area contributed by atoms with Crippen molar-refractivity contribution in [3.63, 3.8) is 0 Å². The van der Waals surface area contributed by atoms with E-state index in [1.54, 1.807) is 0 Å². The smallest absolute Gasteiger partial charge is 0.226 e. The number of hydrogen-bond acceptors (Lipinski definition) is 10. The van der Waals surface area contributed by atoms with Gasteiger partial charge in [-0.1, -0.05) is 21.5 Å². The van der Waals surface area contributed by atoms with E-state index in [9.17, 15) is 19.2 Å². The van der Waals surface area contributed by atoms with Crippen LogP contribution in [0.1, 0.15) is 7.43 Å². The molecular weight excluding hydrogens is 812 g/mol. The fourth-order valence-corrected chi connectivity index (χ4v) is 0. The Morgan fingerprint density at radius 2 is 0.622 bits per heavy atom. The summed E-state index contributed by atoms with van der Waals surface area (Å²) in [5.74, 6) is 0. The number of carbonyl (C=O) groups excluding carboxylic acids is 8. The maximum Gasteiger partial charge on any atom is 0.226 e. The first-order valence-electron chi connectivity index (χ1n) is 6.25. The molecule has 0 rings (SSSR count). The average Bonchev–Trinajstić information content (AvgIpc) is 2.71. The number of urea groups is 2. The molecule has 0 unspecified atom stereocenters. The van der Waals surface area contributed by atoms with Crippen molar-refractivity contribution in [3.05, 3.63) is 44.6 Å². The summed E-state index contributed by atoms with van der Waals surface area (Å²) in [5, 5.41) is 31.2. The van der Waals surface area contributed by atoms with Gasteiger partial charge in [0.15, 0.2) is 0 Å². The van der Waals surface area contributed by atoms with Gasteiger partial charge < -0.3 is 64.7 Å². The van der Waals surface area contributed by atoms with Crippen molar-refractivity contribution < 1.29 is 179 Å². The zero-order valence-electron chi connectivity index (χ0n) is 19.2.